The van der Waals surface area contributed by atoms with Crippen molar-refractivity contribution >= 4 is 5.91 Å². The molecule has 4 heterocycles. The summed E-state index contributed by atoms with van der Waals surface area (Å²) in [5.41, 5.74) is 2.31. The SMILES string of the molecule is CC.CC.O=C(CO)N1CC2CC1CN2Cc1ccc(C2COc3cccnc3O2)cc1. The Labute approximate surface area is 191 Å². The van der Waals surface area contributed by atoms with Gasteiger partial charge in [0.05, 0.1) is 0 Å². The van der Waals surface area contributed by atoms with Crippen LogP contribution in [0.5, 0.6) is 11.6 Å². The molecule has 2 bridgehead atoms. The number of aliphatic hydroxyl groups is 1. The van der Waals surface area contributed by atoms with Crippen LogP contribution in [0.25, 0.3) is 0 Å². The molecule has 3 unspecified atom stereocenters. The fraction of sp³-hybridized carbons (Fsp3) is 0.520. The van der Waals surface area contributed by atoms with Crippen molar-refractivity contribution in [3.63, 3.8) is 0 Å². The monoisotopic (exact) mass is 441 g/mol. The quantitative estimate of drug-likeness (QED) is 0.784. The summed E-state index contributed by atoms with van der Waals surface area (Å²) >= 11 is 0. The number of nitrogens with zero attached hydrogens (tertiary/aromatic N) is 3. The Balaban J connectivity index is 0.000000686. The predicted octanol–water partition coefficient (Wildman–Crippen LogP) is 3.42. The molecule has 2 fully saturated rings. The van der Waals surface area contributed by atoms with Crippen molar-refractivity contribution in [3.8, 4) is 11.6 Å². The summed E-state index contributed by atoms with van der Waals surface area (Å²) in [6, 6.07) is 12.8. The molecule has 174 valence electrons. The number of rotatable bonds is 4. The second-order valence-corrected chi connectivity index (χ2v) is 7.64. The van der Waals surface area contributed by atoms with Crippen molar-refractivity contribution in [1.29, 1.82) is 0 Å². The fourth-order valence-corrected chi connectivity index (χ4v) is 4.48. The zero-order valence-electron chi connectivity index (χ0n) is 19.5. The highest BCUT2D eigenvalue weighted by Crippen LogP contribution is 2.35. The zero-order chi connectivity index (χ0) is 23.1. The zero-order valence-corrected chi connectivity index (χ0v) is 19.5. The second kappa shape index (κ2) is 11.3. The number of ether oxygens (including phenoxy) is 2. The maximum absolute atomic E-state index is 11.8. The number of piperazine rings is 1. The molecule has 7 heteroatoms. The first kappa shape index (κ1) is 24.0. The number of benzene rings is 1. The molecule has 0 saturated carbocycles. The van der Waals surface area contributed by atoms with E-state index in [4.69, 9.17) is 14.6 Å². The topological polar surface area (TPSA) is 75.1 Å². The molecule has 32 heavy (non-hydrogen) atoms. The number of pyridine rings is 1. The maximum Gasteiger partial charge on any atom is 0.257 e. The number of hydrogen-bond acceptors (Lipinski definition) is 6. The van der Waals surface area contributed by atoms with Gasteiger partial charge in [0.1, 0.15) is 13.2 Å². The molecule has 3 aliphatic rings. The van der Waals surface area contributed by atoms with Crippen molar-refractivity contribution in [3.05, 3.63) is 53.7 Å². The number of aromatic nitrogens is 1. The van der Waals surface area contributed by atoms with E-state index in [0.29, 0.717) is 24.3 Å². The Bertz CT molecular complexity index is 874. The maximum atomic E-state index is 11.8. The highest BCUT2D eigenvalue weighted by atomic mass is 16.6. The van der Waals surface area contributed by atoms with Gasteiger partial charge in [0.25, 0.3) is 5.88 Å². The first-order valence-corrected chi connectivity index (χ1v) is 11.7. The summed E-state index contributed by atoms with van der Waals surface area (Å²) in [5, 5.41) is 9.08. The number of likely N-dealkylation sites (tertiary alicyclic amines) is 2. The Morgan fingerprint density at radius 1 is 1.09 bits per heavy atom. The Kier molecular flexibility index (Phi) is 8.47. The van der Waals surface area contributed by atoms with E-state index in [2.05, 4.69) is 34.1 Å². The van der Waals surface area contributed by atoms with Crippen molar-refractivity contribution in [1.82, 2.24) is 14.8 Å². The van der Waals surface area contributed by atoms with Crippen LogP contribution in [0.1, 0.15) is 51.3 Å². The van der Waals surface area contributed by atoms with Crippen LogP contribution in [0, 0.1) is 0 Å². The predicted molar refractivity (Wildman–Crippen MR) is 124 cm³/mol. The van der Waals surface area contributed by atoms with Gasteiger partial charge in [0, 0.05) is 37.9 Å². The van der Waals surface area contributed by atoms with Crippen LogP contribution in [0.3, 0.4) is 0 Å². The normalized spacial score (nSPS) is 23.0. The number of amides is 1. The third-order valence-corrected chi connectivity index (χ3v) is 5.93. The van der Waals surface area contributed by atoms with Crippen LogP contribution < -0.4 is 9.47 Å². The van der Waals surface area contributed by atoms with Crippen LogP contribution in [0.4, 0.5) is 0 Å². The highest BCUT2D eigenvalue weighted by Gasteiger charge is 2.44. The van der Waals surface area contributed by atoms with Gasteiger partial charge in [-0.3, -0.25) is 9.69 Å². The lowest BCUT2D eigenvalue weighted by Gasteiger charge is -2.34. The van der Waals surface area contributed by atoms with E-state index >= 15 is 0 Å². The lowest BCUT2D eigenvalue weighted by Crippen LogP contribution is -2.49. The minimum Gasteiger partial charge on any atom is -0.484 e. The van der Waals surface area contributed by atoms with E-state index in [0.717, 1.165) is 31.6 Å². The van der Waals surface area contributed by atoms with E-state index in [1.165, 1.54) is 5.56 Å². The average Bonchev–Trinajstić information content (AvgIpc) is 3.47. The van der Waals surface area contributed by atoms with Crippen molar-refractivity contribution in [2.24, 2.45) is 0 Å². The highest BCUT2D eigenvalue weighted by molar-refractivity contribution is 5.78. The van der Waals surface area contributed by atoms with Crippen LogP contribution in [0.2, 0.25) is 0 Å². The third kappa shape index (κ3) is 5.05. The smallest absolute Gasteiger partial charge is 0.257 e. The summed E-state index contributed by atoms with van der Waals surface area (Å²) < 4.78 is 11.7. The van der Waals surface area contributed by atoms with Crippen molar-refractivity contribution in [2.45, 2.75) is 58.8 Å². The average molecular weight is 442 g/mol. The minimum absolute atomic E-state index is 0.151. The molecular weight excluding hydrogens is 406 g/mol. The van der Waals surface area contributed by atoms with Gasteiger partial charge in [-0.1, -0.05) is 52.0 Å². The lowest BCUT2D eigenvalue weighted by atomic mass is 10.1. The molecular formula is C25H35N3O4. The van der Waals surface area contributed by atoms with Gasteiger partial charge in [-0.25, -0.2) is 4.98 Å². The van der Waals surface area contributed by atoms with Gasteiger partial charge in [-0.2, -0.15) is 0 Å². The van der Waals surface area contributed by atoms with Gasteiger partial charge in [-0.15, -0.1) is 0 Å². The van der Waals surface area contributed by atoms with Crippen molar-refractivity contribution in [2.75, 3.05) is 26.3 Å². The molecule has 7 nitrogen and oxygen atoms in total. The molecule has 0 radical (unpaired) electrons. The summed E-state index contributed by atoms with van der Waals surface area (Å²) in [4.78, 5) is 20.3. The molecule has 3 atom stereocenters. The van der Waals surface area contributed by atoms with E-state index < -0.39 is 6.61 Å². The van der Waals surface area contributed by atoms with E-state index in [-0.39, 0.29) is 18.1 Å². The van der Waals surface area contributed by atoms with Gasteiger partial charge in [0.15, 0.2) is 11.9 Å². The van der Waals surface area contributed by atoms with Crippen molar-refractivity contribution < 1.29 is 19.4 Å². The van der Waals surface area contributed by atoms with Gasteiger partial charge >= 0.3 is 0 Å². The summed E-state index contributed by atoms with van der Waals surface area (Å²) in [5.74, 6) is 1.08. The molecule has 3 aliphatic heterocycles. The lowest BCUT2D eigenvalue weighted by molar-refractivity contribution is -0.136. The van der Waals surface area contributed by atoms with Crippen LogP contribution in [-0.2, 0) is 11.3 Å². The standard InChI is InChI=1S/C21H23N3O4.2C2H6/c25-12-20(26)24-11-16-8-17(24)10-23(16)9-14-3-5-15(6-4-14)19-13-27-18-2-1-7-22-21(18)28-19;2*1-2/h1-7,16-17,19,25H,8-13H2;2*1-2H3. The fourth-order valence-electron chi connectivity index (χ4n) is 4.48. The Morgan fingerprint density at radius 3 is 2.50 bits per heavy atom. The minimum atomic E-state index is -0.391. The summed E-state index contributed by atoms with van der Waals surface area (Å²) in [6.07, 6.45) is 2.55. The number of hydrogen-bond donors (Lipinski definition) is 1. The largest absolute Gasteiger partial charge is 0.484 e. The molecule has 1 aromatic heterocycles. The van der Waals surface area contributed by atoms with Crippen LogP contribution in [0.15, 0.2) is 42.6 Å². The summed E-state index contributed by atoms with van der Waals surface area (Å²) in [7, 11) is 0. The molecule has 1 N–H and O–H groups in total. The number of aliphatic hydroxyl groups excluding tert-OH is 1. The number of carbonyl (C=O) groups excluding carboxylic acids is 1. The van der Waals surface area contributed by atoms with Crippen LogP contribution in [-0.4, -0.2) is 64.2 Å². The molecule has 5 rings (SSSR count). The molecule has 1 aromatic carbocycles. The molecule has 0 aliphatic carbocycles. The number of fused-ring (bicyclic) bond motifs is 3. The number of carbonyl (C=O) groups is 1. The van der Waals surface area contributed by atoms with E-state index in [9.17, 15) is 4.79 Å². The first-order chi connectivity index (χ1) is 15.7. The Hall–Kier alpha value is -2.64. The molecule has 2 saturated heterocycles. The molecule has 2 aromatic rings. The Morgan fingerprint density at radius 2 is 1.84 bits per heavy atom. The molecule has 0 spiro atoms. The molecule has 1 amide bonds. The van der Waals surface area contributed by atoms with Gasteiger partial charge < -0.3 is 19.5 Å². The van der Waals surface area contributed by atoms with Gasteiger partial charge in [0.2, 0.25) is 5.91 Å². The third-order valence-electron chi connectivity index (χ3n) is 5.93. The van der Waals surface area contributed by atoms with Crippen LogP contribution >= 0.6 is 0 Å². The van der Waals surface area contributed by atoms with E-state index in [1.807, 2.05) is 44.7 Å². The summed E-state index contributed by atoms with van der Waals surface area (Å²) in [6.45, 7) is 10.6. The van der Waals surface area contributed by atoms with E-state index in [1.54, 1.807) is 6.20 Å². The van der Waals surface area contributed by atoms with Gasteiger partial charge in [-0.05, 0) is 29.7 Å². The second-order valence-electron chi connectivity index (χ2n) is 7.64. The first-order valence-electron chi connectivity index (χ1n) is 11.7.